The van der Waals surface area contributed by atoms with Gasteiger partial charge < -0.3 is 14.6 Å². The fourth-order valence-corrected chi connectivity index (χ4v) is 4.30. The molecule has 1 saturated heterocycles. The fourth-order valence-electron chi connectivity index (χ4n) is 3.94. The zero-order valence-corrected chi connectivity index (χ0v) is 19.4. The Morgan fingerprint density at radius 1 is 0.844 bits per heavy atom. The molecule has 32 heavy (non-hydrogen) atoms. The van der Waals surface area contributed by atoms with Crippen LogP contribution in [0.25, 0.3) is 0 Å². The quantitative estimate of drug-likeness (QED) is 0.422. The summed E-state index contributed by atoms with van der Waals surface area (Å²) in [7, 11) is 0. The summed E-state index contributed by atoms with van der Waals surface area (Å²) in [6.45, 7) is 2.70. The second-order valence-corrected chi connectivity index (χ2v) is 9.14. The van der Waals surface area contributed by atoms with Gasteiger partial charge in [0.15, 0.2) is 0 Å². The van der Waals surface area contributed by atoms with Crippen LogP contribution in [0, 0.1) is 0 Å². The van der Waals surface area contributed by atoms with Crippen molar-refractivity contribution in [1.29, 1.82) is 0 Å². The van der Waals surface area contributed by atoms with Gasteiger partial charge in [-0.05, 0) is 68.3 Å². The van der Waals surface area contributed by atoms with Crippen LogP contribution in [-0.2, 0) is 6.54 Å². The van der Waals surface area contributed by atoms with Gasteiger partial charge in [0.2, 0.25) is 0 Å². The van der Waals surface area contributed by atoms with Gasteiger partial charge >= 0.3 is 0 Å². The predicted molar refractivity (Wildman–Crippen MR) is 129 cm³/mol. The van der Waals surface area contributed by atoms with E-state index in [1.807, 2.05) is 54.6 Å². The maximum Gasteiger partial charge on any atom is 0.131 e. The Bertz CT molecular complexity index is 1040. The monoisotopic (exact) mass is 471 g/mol. The number of hydrogen-bond acceptors (Lipinski definition) is 4. The lowest BCUT2D eigenvalue weighted by atomic mass is 9.96. The molecule has 1 fully saturated rings. The van der Waals surface area contributed by atoms with E-state index in [1.54, 1.807) is 12.1 Å². The van der Waals surface area contributed by atoms with Crippen molar-refractivity contribution in [3.8, 4) is 17.2 Å². The summed E-state index contributed by atoms with van der Waals surface area (Å²) < 4.78 is 12.0. The van der Waals surface area contributed by atoms with Gasteiger partial charge in [0.05, 0.1) is 5.60 Å². The van der Waals surface area contributed by atoms with Gasteiger partial charge in [-0.1, -0.05) is 53.5 Å². The van der Waals surface area contributed by atoms with Crippen LogP contribution >= 0.6 is 23.2 Å². The van der Waals surface area contributed by atoms with E-state index in [9.17, 15) is 5.11 Å². The molecule has 3 aromatic rings. The summed E-state index contributed by atoms with van der Waals surface area (Å²) in [6.07, 6.45) is 2.24. The molecule has 4 rings (SSSR count). The molecule has 0 spiro atoms. The smallest absolute Gasteiger partial charge is 0.131 e. The van der Waals surface area contributed by atoms with Crippen LogP contribution in [0.5, 0.6) is 17.2 Å². The van der Waals surface area contributed by atoms with Crippen LogP contribution in [0.2, 0.25) is 10.0 Å². The number of aliphatic hydroxyl groups is 1. The second kappa shape index (κ2) is 10.6. The lowest BCUT2D eigenvalue weighted by Gasteiger charge is -2.27. The van der Waals surface area contributed by atoms with E-state index in [1.165, 1.54) is 0 Å². The Balaban J connectivity index is 1.37. The Labute approximate surface area is 199 Å². The molecule has 0 saturated carbocycles. The Morgan fingerprint density at radius 3 is 2.34 bits per heavy atom. The third-order valence-electron chi connectivity index (χ3n) is 5.70. The van der Waals surface area contributed by atoms with E-state index in [0.29, 0.717) is 34.4 Å². The number of halogens is 2. The van der Waals surface area contributed by atoms with E-state index in [4.69, 9.17) is 32.7 Å². The molecule has 6 heteroatoms. The van der Waals surface area contributed by atoms with Gasteiger partial charge in [0.25, 0.3) is 0 Å². The van der Waals surface area contributed by atoms with Gasteiger partial charge in [-0.3, -0.25) is 4.90 Å². The van der Waals surface area contributed by atoms with Crippen LogP contribution in [0.1, 0.15) is 24.8 Å². The molecule has 0 bridgehead atoms. The number of likely N-dealkylation sites (tertiary alicyclic amines) is 1. The summed E-state index contributed by atoms with van der Waals surface area (Å²) in [5, 5.41) is 12.4. The average Bonchev–Trinajstić information content (AvgIpc) is 2.96. The lowest BCUT2D eigenvalue weighted by Crippen LogP contribution is -2.37. The number of ether oxygens (including phenoxy) is 2. The minimum Gasteiger partial charge on any atom is -0.491 e. The molecule has 1 atom stereocenters. The van der Waals surface area contributed by atoms with Crippen LogP contribution in [-0.4, -0.2) is 35.3 Å². The van der Waals surface area contributed by atoms with Gasteiger partial charge in [-0.15, -0.1) is 0 Å². The first-order valence-corrected chi connectivity index (χ1v) is 11.6. The van der Waals surface area contributed by atoms with E-state index in [2.05, 4.69) is 11.0 Å². The van der Waals surface area contributed by atoms with E-state index in [0.717, 1.165) is 37.4 Å². The minimum atomic E-state index is -0.853. The molecule has 0 radical (unpaired) electrons. The molecule has 3 aromatic carbocycles. The molecular weight excluding hydrogens is 445 g/mol. The number of benzene rings is 3. The number of rotatable bonds is 7. The van der Waals surface area contributed by atoms with E-state index in [-0.39, 0.29) is 6.61 Å². The third-order valence-corrected chi connectivity index (χ3v) is 6.17. The largest absolute Gasteiger partial charge is 0.491 e. The van der Waals surface area contributed by atoms with Crippen molar-refractivity contribution >= 4 is 23.2 Å². The van der Waals surface area contributed by atoms with Crippen molar-refractivity contribution in [1.82, 2.24) is 4.90 Å². The van der Waals surface area contributed by atoms with Crippen LogP contribution in [0.3, 0.4) is 0 Å². The molecule has 4 nitrogen and oxygen atoms in total. The highest BCUT2D eigenvalue weighted by Crippen LogP contribution is 2.30. The third kappa shape index (κ3) is 6.39. The average molecular weight is 472 g/mol. The molecule has 1 unspecified atom stereocenters. The molecular formula is C26H27Cl2NO3. The van der Waals surface area contributed by atoms with Crippen molar-refractivity contribution in [2.75, 3.05) is 19.7 Å². The molecule has 1 heterocycles. The SMILES string of the molecule is OC1(COc2cccc(Cl)c2)CCCN(Cc2ccccc2Oc2cccc(Cl)c2)CC1. The zero-order chi connectivity index (χ0) is 22.4. The normalized spacial score (nSPS) is 19.3. The van der Waals surface area contributed by atoms with Crippen molar-refractivity contribution in [3.05, 3.63) is 88.4 Å². The maximum atomic E-state index is 11.1. The summed E-state index contributed by atoms with van der Waals surface area (Å²) in [5.74, 6) is 2.21. The number of hydrogen-bond donors (Lipinski definition) is 1. The van der Waals surface area contributed by atoms with E-state index < -0.39 is 5.60 Å². The highest BCUT2D eigenvalue weighted by molar-refractivity contribution is 6.31. The summed E-state index contributed by atoms with van der Waals surface area (Å²) in [6, 6.07) is 22.7. The topological polar surface area (TPSA) is 41.9 Å². The maximum absolute atomic E-state index is 11.1. The predicted octanol–water partition coefficient (Wildman–Crippen LogP) is 6.58. The highest BCUT2D eigenvalue weighted by atomic mass is 35.5. The van der Waals surface area contributed by atoms with Crippen LogP contribution < -0.4 is 9.47 Å². The van der Waals surface area contributed by atoms with Crippen LogP contribution in [0.15, 0.2) is 72.8 Å². The summed E-state index contributed by atoms with van der Waals surface area (Å²) >= 11 is 12.1. The van der Waals surface area contributed by atoms with Crippen molar-refractivity contribution < 1.29 is 14.6 Å². The van der Waals surface area contributed by atoms with E-state index >= 15 is 0 Å². The molecule has 1 aliphatic heterocycles. The number of nitrogens with zero attached hydrogens (tertiary/aromatic N) is 1. The van der Waals surface area contributed by atoms with Gasteiger partial charge in [-0.25, -0.2) is 0 Å². The van der Waals surface area contributed by atoms with Crippen molar-refractivity contribution in [3.63, 3.8) is 0 Å². The van der Waals surface area contributed by atoms with Crippen LogP contribution in [0.4, 0.5) is 0 Å². The minimum absolute atomic E-state index is 0.260. The van der Waals surface area contributed by atoms with Gasteiger partial charge in [0.1, 0.15) is 23.9 Å². The Kier molecular flexibility index (Phi) is 7.59. The highest BCUT2D eigenvalue weighted by Gasteiger charge is 2.31. The summed E-state index contributed by atoms with van der Waals surface area (Å²) in [5.41, 5.74) is 0.251. The molecule has 0 aliphatic carbocycles. The molecule has 1 aliphatic rings. The van der Waals surface area contributed by atoms with Crippen molar-refractivity contribution in [2.24, 2.45) is 0 Å². The fraction of sp³-hybridized carbons (Fsp3) is 0.308. The molecule has 168 valence electrons. The second-order valence-electron chi connectivity index (χ2n) is 8.27. The lowest BCUT2D eigenvalue weighted by molar-refractivity contribution is -0.0168. The molecule has 0 aromatic heterocycles. The summed E-state index contributed by atoms with van der Waals surface area (Å²) in [4.78, 5) is 2.36. The molecule has 0 amide bonds. The molecule has 1 N–H and O–H groups in total. The Hall–Kier alpha value is -2.24. The zero-order valence-electron chi connectivity index (χ0n) is 17.8. The van der Waals surface area contributed by atoms with Gasteiger partial charge in [0, 0.05) is 28.7 Å². The first-order chi connectivity index (χ1) is 15.5. The number of para-hydroxylation sites is 1. The standard InChI is InChI=1S/C26H27Cl2NO3/c27-21-7-3-9-23(16-21)31-19-26(30)12-5-14-29(15-13-26)18-20-6-1-2-11-25(20)32-24-10-4-8-22(28)17-24/h1-4,6-11,16-17,30H,5,12-15,18-19H2. The first-order valence-electron chi connectivity index (χ1n) is 10.8. The first kappa shape index (κ1) is 22.9. The van der Waals surface area contributed by atoms with Crippen molar-refractivity contribution in [2.45, 2.75) is 31.4 Å². The Morgan fingerprint density at radius 2 is 1.56 bits per heavy atom. The van der Waals surface area contributed by atoms with Gasteiger partial charge in [-0.2, -0.15) is 0 Å².